The van der Waals surface area contributed by atoms with Gasteiger partial charge in [-0.2, -0.15) is 0 Å². The molecule has 1 atom stereocenters. The number of hydrogen-bond donors (Lipinski definition) is 0. The molecule has 3 heteroatoms. The minimum atomic E-state index is 0.354. The van der Waals surface area contributed by atoms with Crippen molar-refractivity contribution in [3.63, 3.8) is 0 Å². The molecule has 0 aliphatic carbocycles. The van der Waals surface area contributed by atoms with Crippen LogP contribution in [-0.4, -0.2) is 22.1 Å². The molecule has 0 aromatic carbocycles. The first-order valence-corrected chi connectivity index (χ1v) is 5.01. The topological polar surface area (TPSA) is 12.4 Å². The van der Waals surface area contributed by atoms with E-state index in [9.17, 15) is 0 Å². The SMILES string of the molecule is ClC1CCN=C(CI)C1. The third kappa shape index (κ3) is 2.42. The summed E-state index contributed by atoms with van der Waals surface area (Å²) in [7, 11) is 0. The van der Waals surface area contributed by atoms with Crippen LogP contribution in [0.1, 0.15) is 12.8 Å². The molecule has 0 radical (unpaired) electrons. The molecule has 0 aromatic heterocycles. The lowest BCUT2D eigenvalue weighted by Gasteiger charge is -2.14. The van der Waals surface area contributed by atoms with Crippen LogP contribution in [0.15, 0.2) is 4.99 Å². The van der Waals surface area contributed by atoms with E-state index in [-0.39, 0.29) is 0 Å². The van der Waals surface area contributed by atoms with Crippen LogP contribution in [0.25, 0.3) is 0 Å². The van der Waals surface area contributed by atoms with Gasteiger partial charge in [0, 0.05) is 28.5 Å². The normalized spacial score (nSPS) is 27.8. The van der Waals surface area contributed by atoms with E-state index in [0.717, 1.165) is 23.8 Å². The summed E-state index contributed by atoms with van der Waals surface area (Å²) in [6.45, 7) is 0.937. The van der Waals surface area contributed by atoms with Gasteiger partial charge in [0.1, 0.15) is 0 Å². The van der Waals surface area contributed by atoms with E-state index in [1.807, 2.05) is 0 Å². The van der Waals surface area contributed by atoms with Crippen LogP contribution in [0.2, 0.25) is 0 Å². The Morgan fingerprint density at radius 1 is 1.78 bits per heavy atom. The van der Waals surface area contributed by atoms with Gasteiger partial charge in [0.15, 0.2) is 0 Å². The fourth-order valence-electron chi connectivity index (χ4n) is 0.882. The number of hydrogen-bond acceptors (Lipinski definition) is 1. The van der Waals surface area contributed by atoms with Crippen molar-refractivity contribution in [3.05, 3.63) is 0 Å². The first-order valence-electron chi connectivity index (χ1n) is 3.05. The molecule has 0 bridgehead atoms. The highest BCUT2D eigenvalue weighted by Crippen LogP contribution is 2.14. The van der Waals surface area contributed by atoms with E-state index in [4.69, 9.17) is 11.6 Å². The molecular formula is C6H9ClIN. The maximum absolute atomic E-state index is 5.91. The number of halogens is 2. The van der Waals surface area contributed by atoms with Crippen LogP contribution >= 0.6 is 34.2 Å². The number of nitrogens with zero attached hydrogens (tertiary/aromatic N) is 1. The molecule has 0 saturated carbocycles. The number of rotatable bonds is 1. The molecule has 1 nitrogen and oxygen atoms in total. The molecule has 1 aliphatic rings. The van der Waals surface area contributed by atoms with Crippen molar-refractivity contribution in [1.29, 1.82) is 0 Å². The predicted octanol–water partition coefficient (Wildman–Crippen LogP) is 2.26. The summed E-state index contributed by atoms with van der Waals surface area (Å²) in [4.78, 5) is 4.32. The number of alkyl halides is 2. The van der Waals surface area contributed by atoms with Crippen molar-refractivity contribution in [3.8, 4) is 0 Å². The zero-order valence-corrected chi connectivity index (χ0v) is 8.02. The monoisotopic (exact) mass is 257 g/mol. The Morgan fingerprint density at radius 3 is 3.00 bits per heavy atom. The summed E-state index contributed by atoms with van der Waals surface area (Å²) in [5.41, 5.74) is 1.28. The maximum atomic E-state index is 5.91. The standard InChI is InChI=1S/C6H9ClIN/c7-5-1-2-9-6(3-5)4-8/h5H,1-4H2. The van der Waals surface area contributed by atoms with Crippen molar-refractivity contribution in [2.24, 2.45) is 4.99 Å². The second kappa shape index (κ2) is 3.76. The lowest BCUT2D eigenvalue weighted by molar-refractivity contribution is 0.746. The summed E-state index contributed by atoms with van der Waals surface area (Å²) >= 11 is 8.23. The minimum absolute atomic E-state index is 0.354. The van der Waals surface area contributed by atoms with Gasteiger partial charge in [0.2, 0.25) is 0 Å². The van der Waals surface area contributed by atoms with Crippen molar-refractivity contribution in [2.75, 3.05) is 11.0 Å². The molecule has 0 amide bonds. The van der Waals surface area contributed by atoms with Gasteiger partial charge >= 0.3 is 0 Å². The first-order chi connectivity index (χ1) is 4.33. The molecule has 0 spiro atoms. The molecule has 9 heavy (non-hydrogen) atoms. The Balaban J connectivity index is 2.43. The van der Waals surface area contributed by atoms with Crippen molar-refractivity contribution >= 4 is 39.9 Å². The Morgan fingerprint density at radius 2 is 2.56 bits per heavy atom. The summed E-state index contributed by atoms with van der Waals surface area (Å²) < 4.78 is 1.04. The Kier molecular flexibility index (Phi) is 3.26. The van der Waals surface area contributed by atoms with Crippen molar-refractivity contribution < 1.29 is 0 Å². The Bertz CT molecular complexity index is 124. The lowest BCUT2D eigenvalue weighted by Crippen LogP contribution is -2.16. The van der Waals surface area contributed by atoms with Crippen LogP contribution in [-0.2, 0) is 0 Å². The van der Waals surface area contributed by atoms with Gasteiger partial charge in [-0.05, 0) is 6.42 Å². The molecule has 1 rings (SSSR count). The summed E-state index contributed by atoms with van der Waals surface area (Å²) in [5.74, 6) is 0. The molecule has 1 unspecified atom stereocenters. The molecular weight excluding hydrogens is 248 g/mol. The van der Waals surface area contributed by atoms with E-state index >= 15 is 0 Å². The third-order valence-corrected chi connectivity index (χ3v) is 2.64. The van der Waals surface area contributed by atoms with E-state index in [0.29, 0.717) is 5.38 Å². The predicted molar refractivity (Wildman–Crippen MR) is 50.1 cm³/mol. The van der Waals surface area contributed by atoms with Gasteiger partial charge in [-0.1, -0.05) is 22.6 Å². The van der Waals surface area contributed by atoms with E-state index in [1.54, 1.807) is 0 Å². The number of aliphatic imine (C=N–C) groups is 1. The van der Waals surface area contributed by atoms with Gasteiger partial charge in [0.05, 0.1) is 0 Å². The fourth-order valence-corrected chi connectivity index (χ4v) is 1.71. The van der Waals surface area contributed by atoms with Gasteiger partial charge < -0.3 is 0 Å². The molecule has 0 saturated heterocycles. The smallest absolute Gasteiger partial charge is 0.0405 e. The second-order valence-corrected chi connectivity index (χ2v) is 3.55. The zero-order valence-electron chi connectivity index (χ0n) is 5.11. The van der Waals surface area contributed by atoms with Crippen LogP contribution in [0.3, 0.4) is 0 Å². The average Bonchev–Trinajstić information content (AvgIpc) is 1.88. The quantitative estimate of drug-likeness (QED) is 0.505. The molecule has 0 N–H and O–H groups in total. The summed E-state index contributed by atoms with van der Waals surface area (Å²) in [5, 5.41) is 0.354. The first kappa shape index (κ1) is 7.79. The highest BCUT2D eigenvalue weighted by molar-refractivity contribution is 14.1. The van der Waals surface area contributed by atoms with E-state index < -0.39 is 0 Å². The van der Waals surface area contributed by atoms with Gasteiger partial charge in [-0.3, -0.25) is 4.99 Å². The van der Waals surface area contributed by atoms with Gasteiger partial charge in [0.25, 0.3) is 0 Å². The largest absolute Gasteiger partial charge is 0.293 e. The van der Waals surface area contributed by atoms with E-state index in [2.05, 4.69) is 27.6 Å². The lowest BCUT2D eigenvalue weighted by atomic mass is 10.1. The summed E-state index contributed by atoms with van der Waals surface area (Å²) in [6, 6.07) is 0. The average molecular weight is 258 g/mol. The molecule has 0 fully saturated rings. The van der Waals surface area contributed by atoms with Crippen molar-refractivity contribution in [2.45, 2.75) is 18.2 Å². The van der Waals surface area contributed by atoms with Crippen LogP contribution < -0.4 is 0 Å². The van der Waals surface area contributed by atoms with Crippen LogP contribution in [0.4, 0.5) is 0 Å². The van der Waals surface area contributed by atoms with Crippen LogP contribution in [0.5, 0.6) is 0 Å². The highest BCUT2D eigenvalue weighted by Gasteiger charge is 2.12. The zero-order chi connectivity index (χ0) is 6.69. The maximum Gasteiger partial charge on any atom is 0.0405 e. The highest BCUT2D eigenvalue weighted by atomic mass is 127. The van der Waals surface area contributed by atoms with Gasteiger partial charge in [-0.25, -0.2) is 0 Å². The van der Waals surface area contributed by atoms with E-state index in [1.165, 1.54) is 5.71 Å². The molecule has 1 aliphatic heterocycles. The molecule has 52 valence electrons. The second-order valence-electron chi connectivity index (χ2n) is 2.17. The fraction of sp³-hybridized carbons (Fsp3) is 0.833. The molecule has 1 heterocycles. The Hall–Kier alpha value is 0.690. The summed E-state index contributed by atoms with van der Waals surface area (Å²) in [6.07, 6.45) is 2.06. The minimum Gasteiger partial charge on any atom is -0.293 e. The van der Waals surface area contributed by atoms with Crippen molar-refractivity contribution in [1.82, 2.24) is 0 Å². The third-order valence-electron chi connectivity index (χ3n) is 1.39. The Labute approximate surface area is 74.0 Å². The van der Waals surface area contributed by atoms with Crippen LogP contribution in [0, 0.1) is 0 Å². The van der Waals surface area contributed by atoms with Gasteiger partial charge in [-0.15, -0.1) is 11.6 Å². The molecule has 0 aromatic rings.